The van der Waals surface area contributed by atoms with Crippen molar-refractivity contribution in [3.05, 3.63) is 39.4 Å². The maximum Gasteiger partial charge on any atom is 0.218 e. The quantitative estimate of drug-likeness (QED) is 0.796. The molecule has 0 spiro atoms. The number of aromatic nitrogens is 2. The molecule has 2 aromatic rings. The van der Waals surface area contributed by atoms with Gasteiger partial charge in [-0.25, -0.2) is 4.98 Å². The highest BCUT2D eigenvalue weighted by atomic mass is 35.5. The third kappa shape index (κ3) is 4.18. The zero-order valence-electron chi connectivity index (χ0n) is 11.3. The molecule has 2 heterocycles. The molecule has 0 aliphatic heterocycles. The Balaban J connectivity index is 2.02. The number of halogens is 1. The van der Waals surface area contributed by atoms with Gasteiger partial charge in [0.15, 0.2) is 0 Å². The third-order valence-corrected chi connectivity index (χ3v) is 3.65. The first-order chi connectivity index (χ1) is 8.95. The summed E-state index contributed by atoms with van der Waals surface area (Å²) in [6, 6.07) is 5.80. The molecule has 2 aromatic heterocycles. The number of thiophene rings is 1. The van der Waals surface area contributed by atoms with E-state index in [9.17, 15) is 0 Å². The second kappa shape index (κ2) is 5.88. The minimum atomic E-state index is -0.142. The number of hydrogen-bond donors (Lipinski definition) is 0. The highest BCUT2D eigenvalue weighted by Crippen LogP contribution is 2.23. The SMILES string of the molecule is CC(C)(C)c1nc(Cl)cc(OCCc2cccs2)n1. The van der Waals surface area contributed by atoms with E-state index in [0.29, 0.717) is 23.5 Å². The molecular weight excluding hydrogens is 280 g/mol. The number of nitrogens with zero attached hydrogens (tertiary/aromatic N) is 2. The van der Waals surface area contributed by atoms with Gasteiger partial charge in [-0.05, 0) is 11.4 Å². The van der Waals surface area contributed by atoms with E-state index in [1.165, 1.54) is 4.88 Å². The van der Waals surface area contributed by atoms with E-state index in [2.05, 4.69) is 21.4 Å². The molecule has 2 rings (SSSR count). The fourth-order valence-corrected chi connectivity index (χ4v) is 2.38. The summed E-state index contributed by atoms with van der Waals surface area (Å²) in [7, 11) is 0. The molecule has 0 radical (unpaired) electrons. The number of ether oxygens (including phenoxy) is 1. The molecule has 0 saturated carbocycles. The van der Waals surface area contributed by atoms with Crippen molar-refractivity contribution in [3.63, 3.8) is 0 Å². The van der Waals surface area contributed by atoms with Gasteiger partial charge in [0.1, 0.15) is 11.0 Å². The van der Waals surface area contributed by atoms with E-state index in [0.717, 1.165) is 6.42 Å². The molecule has 102 valence electrons. The molecule has 0 atom stereocenters. The highest BCUT2D eigenvalue weighted by Gasteiger charge is 2.19. The maximum absolute atomic E-state index is 6.01. The Morgan fingerprint density at radius 2 is 2.11 bits per heavy atom. The Labute approximate surface area is 122 Å². The Bertz CT molecular complexity index is 535. The predicted octanol–water partition coefficient (Wildman–Crippen LogP) is 4.11. The summed E-state index contributed by atoms with van der Waals surface area (Å²) in [6.07, 6.45) is 0.879. The van der Waals surface area contributed by atoms with Gasteiger partial charge in [-0.1, -0.05) is 38.4 Å². The maximum atomic E-state index is 6.01. The fraction of sp³-hybridized carbons (Fsp3) is 0.429. The van der Waals surface area contributed by atoms with Crippen LogP contribution in [0.15, 0.2) is 23.6 Å². The van der Waals surface area contributed by atoms with Gasteiger partial charge >= 0.3 is 0 Å². The normalized spacial score (nSPS) is 11.6. The third-order valence-electron chi connectivity index (χ3n) is 2.52. The van der Waals surface area contributed by atoms with Crippen LogP contribution in [0.1, 0.15) is 31.5 Å². The summed E-state index contributed by atoms with van der Waals surface area (Å²) in [5.41, 5.74) is -0.142. The minimum Gasteiger partial charge on any atom is -0.477 e. The largest absolute Gasteiger partial charge is 0.477 e. The second-order valence-electron chi connectivity index (χ2n) is 5.28. The Morgan fingerprint density at radius 3 is 2.74 bits per heavy atom. The molecule has 0 N–H and O–H groups in total. The van der Waals surface area contributed by atoms with E-state index in [-0.39, 0.29) is 5.41 Å². The van der Waals surface area contributed by atoms with Gasteiger partial charge in [0.2, 0.25) is 5.88 Å². The lowest BCUT2D eigenvalue weighted by Crippen LogP contribution is -2.17. The van der Waals surface area contributed by atoms with Crippen molar-refractivity contribution in [2.24, 2.45) is 0 Å². The van der Waals surface area contributed by atoms with Crippen LogP contribution in [0.5, 0.6) is 5.88 Å². The van der Waals surface area contributed by atoms with Gasteiger partial charge in [-0.3, -0.25) is 0 Å². The van der Waals surface area contributed by atoms with Gasteiger partial charge in [0, 0.05) is 22.8 Å². The van der Waals surface area contributed by atoms with Gasteiger partial charge in [0.05, 0.1) is 6.61 Å². The summed E-state index contributed by atoms with van der Waals surface area (Å²) >= 11 is 7.74. The van der Waals surface area contributed by atoms with Gasteiger partial charge in [-0.15, -0.1) is 11.3 Å². The summed E-state index contributed by atoms with van der Waals surface area (Å²) in [6.45, 7) is 6.74. The summed E-state index contributed by atoms with van der Waals surface area (Å²) in [5.74, 6) is 1.24. The standard InChI is InChI=1S/C14H17ClN2OS/c1-14(2,3)13-16-11(15)9-12(17-13)18-7-6-10-5-4-8-19-10/h4-5,8-9H,6-7H2,1-3H3. The Hall–Kier alpha value is -1.13. The van der Waals surface area contributed by atoms with Crippen LogP contribution in [0, 0.1) is 0 Å². The lowest BCUT2D eigenvalue weighted by Gasteiger charge is -2.17. The van der Waals surface area contributed by atoms with E-state index in [4.69, 9.17) is 16.3 Å². The van der Waals surface area contributed by atoms with Crippen molar-refractivity contribution in [1.82, 2.24) is 9.97 Å². The molecule has 0 aliphatic carbocycles. The monoisotopic (exact) mass is 296 g/mol. The minimum absolute atomic E-state index is 0.142. The lowest BCUT2D eigenvalue weighted by molar-refractivity contribution is 0.306. The van der Waals surface area contributed by atoms with Gasteiger partial charge < -0.3 is 4.74 Å². The molecule has 3 nitrogen and oxygen atoms in total. The van der Waals surface area contributed by atoms with E-state index in [1.807, 2.05) is 26.8 Å². The lowest BCUT2D eigenvalue weighted by atomic mass is 9.96. The van der Waals surface area contributed by atoms with Crippen molar-refractivity contribution in [2.45, 2.75) is 32.6 Å². The van der Waals surface area contributed by atoms with Gasteiger partial charge in [0.25, 0.3) is 0 Å². The molecule has 0 aromatic carbocycles. The van der Waals surface area contributed by atoms with Crippen LogP contribution >= 0.6 is 22.9 Å². The summed E-state index contributed by atoms with van der Waals surface area (Å²) < 4.78 is 5.67. The van der Waals surface area contributed by atoms with Crippen LogP contribution < -0.4 is 4.74 Å². The second-order valence-corrected chi connectivity index (χ2v) is 6.70. The molecule has 0 saturated heterocycles. The Morgan fingerprint density at radius 1 is 1.32 bits per heavy atom. The van der Waals surface area contributed by atoms with Crippen LogP contribution in [-0.4, -0.2) is 16.6 Å². The van der Waals surface area contributed by atoms with E-state index >= 15 is 0 Å². The van der Waals surface area contributed by atoms with E-state index < -0.39 is 0 Å². The molecule has 19 heavy (non-hydrogen) atoms. The van der Waals surface area contributed by atoms with Crippen molar-refractivity contribution >= 4 is 22.9 Å². The average Bonchev–Trinajstić information content (AvgIpc) is 2.80. The molecule has 0 aliphatic rings. The fourth-order valence-electron chi connectivity index (χ4n) is 1.52. The smallest absolute Gasteiger partial charge is 0.218 e. The Kier molecular flexibility index (Phi) is 4.42. The topological polar surface area (TPSA) is 35.0 Å². The average molecular weight is 297 g/mol. The zero-order chi connectivity index (χ0) is 13.9. The van der Waals surface area contributed by atoms with E-state index in [1.54, 1.807) is 17.4 Å². The first-order valence-electron chi connectivity index (χ1n) is 6.15. The van der Waals surface area contributed by atoms with Crippen molar-refractivity contribution < 1.29 is 4.74 Å². The van der Waals surface area contributed by atoms with Crippen molar-refractivity contribution in [2.75, 3.05) is 6.61 Å². The van der Waals surface area contributed by atoms with Crippen LogP contribution in [0.2, 0.25) is 5.15 Å². The molecule has 0 fully saturated rings. The van der Waals surface area contributed by atoms with Crippen LogP contribution in [0.4, 0.5) is 0 Å². The van der Waals surface area contributed by atoms with Crippen LogP contribution in [0.25, 0.3) is 0 Å². The summed E-state index contributed by atoms with van der Waals surface area (Å²) in [4.78, 5) is 9.95. The predicted molar refractivity (Wildman–Crippen MR) is 79.3 cm³/mol. The molecule has 0 bridgehead atoms. The highest BCUT2D eigenvalue weighted by molar-refractivity contribution is 7.09. The summed E-state index contributed by atoms with van der Waals surface area (Å²) in [5, 5.41) is 2.49. The first-order valence-corrected chi connectivity index (χ1v) is 7.41. The van der Waals surface area contributed by atoms with Crippen LogP contribution in [0.3, 0.4) is 0 Å². The zero-order valence-corrected chi connectivity index (χ0v) is 12.9. The number of rotatable bonds is 4. The number of hydrogen-bond acceptors (Lipinski definition) is 4. The van der Waals surface area contributed by atoms with Crippen molar-refractivity contribution in [3.8, 4) is 5.88 Å². The first kappa shape index (κ1) is 14.3. The molecule has 0 unspecified atom stereocenters. The molecule has 0 amide bonds. The molecule has 5 heteroatoms. The van der Waals surface area contributed by atoms with Crippen LogP contribution in [-0.2, 0) is 11.8 Å². The van der Waals surface area contributed by atoms with Gasteiger partial charge in [-0.2, -0.15) is 4.98 Å². The van der Waals surface area contributed by atoms with Crippen molar-refractivity contribution in [1.29, 1.82) is 0 Å². The molecular formula is C14H17ClN2OS.